The van der Waals surface area contributed by atoms with Crippen LogP contribution < -0.4 is 5.56 Å². The normalized spacial score (nSPS) is 11.2. The van der Waals surface area contributed by atoms with Crippen molar-refractivity contribution in [3.63, 3.8) is 0 Å². The number of rotatable bonds is 4. The molecule has 0 amide bonds. The fourth-order valence-corrected chi connectivity index (χ4v) is 3.44. The molecular formula is C22H18N6O. The number of fused-ring (bicyclic) bond motifs is 1. The maximum absolute atomic E-state index is 12.9. The van der Waals surface area contributed by atoms with Crippen LogP contribution in [0.25, 0.3) is 28.0 Å². The van der Waals surface area contributed by atoms with Crippen molar-refractivity contribution >= 4 is 11.0 Å². The summed E-state index contributed by atoms with van der Waals surface area (Å²) in [6.45, 7) is 0.369. The van der Waals surface area contributed by atoms with Gasteiger partial charge in [-0.05, 0) is 12.1 Å². The summed E-state index contributed by atoms with van der Waals surface area (Å²) in [7, 11) is 1.77. The van der Waals surface area contributed by atoms with Crippen LogP contribution in [0.1, 0.15) is 5.56 Å². The summed E-state index contributed by atoms with van der Waals surface area (Å²) in [5, 5.41) is 9.45. The Balaban J connectivity index is 1.63. The van der Waals surface area contributed by atoms with E-state index in [9.17, 15) is 4.79 Å². The van der Waals surface area contributed by atoms with Crippen LogP contribution in [0.15, 0.2) is 84.2 Å². The highest BCUT2D eigenvalue weighted by molar-refractivity contribution is 5.72. The lowest BCUT2D eigenvalue weighted by atomic mass is 10.1. The van der Waals surface area contributed by atoms with E-state index in [4.69, 9.17) is 5.10 Å². The Bertz CT molecular complexity index is 1350. The van der Waals surface area contributed by atoms with E-state index in [2.05, 4.69) is 10.1 Å². The van der Waals surface area contributed by atoms with Gasteiger partial charge in [-0.2, -0.15) is 10.2 Å². The summed E-state index contributed by atoms with van der Waals surface area (Å²) in [6.07, 6.45) is 5.10. The molecule has 0 saturated carbocycles. The van der Waals surface area contributed by atoms with Crippen molar-refractivity contribution in [3.8, 4) is 16.9 Å². The first kappa shape index (κ1) is 17.1. The average molecular weight is 382 g/mol. The molecule has 0 unspecified atom stereocenters. The molecule has 0 radical (unpaired) electrons. The van der Waals surface area contributed by atoms with E-state index in [-0.39, 0.29) is 5.56 Å². The zero-order valence-corrected chi connectivity index (χ0v) is 15.8. The molecule has 142 valence electrons. The van der Waals surface area contributed by atoms with Gasteiger partial charge >= 0.3 is 0 Å². The maximum Gasteiger partial charge on any atom is 0.264 e. The van der Waals surface area contributed by atoms with E-state index >= 15 is 0 Å². The molecule has 3 aromatic heterocycles. The minimum atomic E-state index is -0.116. The Labute approximate surface area is 166 Å². The van der Waals surface area contributed by atoms with E-state index < -0.39 is 0 Å². The molecule has 0 aliphatic heterocycles. The number of nitrogens with zero attached hydrogens (tertiary/aromatic N) is 6. The van der Waals surface area contributed by atoms with Crippen LogP contribution in [0, 0.1) is 0 Å². The summed E-state index contributed by atoms with van der Waals surface area (Å²) in [4.78, 5) is 17.3. The molecule has 0 aliphatic carbocycles. The van der Waals surface area contributed by atoms with Gasteiger partial charge in [0.25, 0.3) is 5.56 Å². The van der Waals surface area contributed by atoms with Crippen LogP contribution in [0.5, 0.6) is 0 Å². The molecule has 0 bridgehead atoms. The zero-order valence-electron chi connectivity index (χ0n) is 15.8. The summed E-state index contributed by atoms with van der Waals surface area (Å²) in [5.41, 5.74) is 4.20. The molecule has 0 atom stereocenters. The molecule has 3 heterocycles. The second kappa shape index (κ2) is 6.87. The first-order valence-corrected chi connectivity index (χ1v) is 9.27. The molecule has 2 aromatic carbocycles. The summed E-state index contributed by atoms with van der Waals surface area (Å²) in [5.74, 6) is 0. The summed E-state index contributed by atoms with van der Waals surface area (Å²) >= 11 is 0. The van der Waals surface area contributed by atoms with E-state index in [1.807, 2.05) is 71.5 Å². The van der Waals surface area contributed by atoms with Gasteiger partial charge in [-0.1, -0.05) is 48.5 Å². The first-order valence-electron chi connectivity index (χ1n) is 9.27. The van der Waals surface area contributed by atoms with Gasteiger partial charge in [0.2, 0.25) is 0 Å². The largest absolute Gasteiger partial charge is 0.294 e. The molecule has 0 N–H and O–H groups in total. The smallest absolute Gasteiger partial charge is 0.264 e. The van der Waals surface area contributed by atoms with Crippen molar-refractivity contribution in [2.24, 2.45) is 7.05 Å². The molecule has 29 heavy (non-hydrogen) atoms. The summed E-state index contributed by atoms with van der Waals surface area (Å²) < 4.78 is 5.05. The molecule has 5 rings (SSSR count). The third kappa shape index (κ3) is 3.02. The van der Waals surface area contributed by atoms with E-state index in [0.29, 0.717) is 17.6 Å². The second-order valence-electron chi connectivity index (χ2n) is 6.83. The zero-order chi connectivity index (χ0) is 19.8. The second-order valence-corrected chi connectivity index (χ2v) is 6.83. The predicted octanol–water partition coefficient (Wildman–Crippen LogP) is 3.03. The fourth-order valence-electron chi connectivity index (χ4n) is 3.44. The van der Waals surface area contributed by atoms with Crippen molar-refractivity contribution < 1.29 is 0 Å². The monoisotopic (exact) mass is 382 g/mol. The maximum atomic E-state index is 12.9. The quantitative estimate of drug-likeness (QED) is 0.479. The Morgan fingerprint density at radius 1 is 0.966 bits per heavy atom. The number of aryl methyl sites for hydroxylation is 1. The van der Waals surface area contributed by atoms with Gasteiger partial charge < -0.3 is 0 Å². The van der Waals surface area contributed by atoms with E-state index in [0.717, 1.165) is 22.5 Å². The molecular weight excluding hydrogens is 364 g/mol. The molecule has 7 heteroatoms. The van der Waals surface area contributed by atoms with Gasteiger partial charge in [0.05, 0.1) is 24.1 Å². The number of benzene rings is 2. The van der Waals surface area contributed by atoms with Gasteiger partial charge in [0.1, 0.15) is 11.7 Å². The highest BCUT2D eigenvalue weighted by atomic mass is 16.1. The van der Waals surface area contributed by atoms with Crippen molar-refractivity contribution in [2.45, 2.75) is 6.54 Å². The topological polar surface area (TPSA) is 70.5 Å². The third-order valence-corrected chi connectivity index (χ3v) is 4.92. The predicted molar refractivity (Wildman–Crippen MR) is 111 cm³/mol. The van der Waals surface area contributed by atoms with Crippen molar-refractivity contribution in [1.29, 1.82) is 0 Å². The Morgan fingerprint density at radius 3 is 2.45 bits per heavy atom. The van der Waals surface area contributed by atoms with E-state index in [1.165, 1.54) is 0 Å². The summed E-state index contributed by atoms with van der Waals surface area (Å²) in [6, 6.07) is 19.9. The Kier molecular flexibility index (Phi) is 4.05. The number of para-hydroxylation sites is 1. The van der Waals surface area contributed by atoms with Crippen LogP contribution in [0.3, 0.4) is 0 Å². The van der Waals surface area contributed by atoms with Gasteiger partial charge in [0, 0.05) is 24.4 Å². The Morgan fingerprint density at radius 2 is 1.69 bits per heavy atom. The molecule has 0 fully saturated rings. The highest BCUT2D eigenvalue weighted by Gasteiger charge is 2.15. The minimum Gasteiger partial charge on any atom is -0.294 e. The number of aromatic nitrogens is 6. The SMILES string of the molecule is Cn1ncc2c(=O)n(Cc3cn(-c4ccccc4)nc3-c3ccccc3)cnc21. The third-order valence-electron chi connectivity index (χ3n) is 4.92. The van der Waals surface area contributed by atoms with Crippen LogP contribution in [-0.2, 0) is 13.6 Å². The van der Waals surface area contributed by atoms with Gasteiger partial charge in [-0.3, -0.25) is 14.0 Å². The van der Waals surface area contributed by atoms with Gasteiger partial charge in [-0.15, -0.1) is 0 Å². The lowest BCUT2D eigenvalue weighted by Gasteiger charge is -2.06. The van der Waals surface area contributed by atoms with Crippen LogP contribution in [-0.4, -0.2) is 29.1 Å². The van der Waals surface area contributed by atoms with Crippen LogP contribution >= 0.6 is 0 Å². The molecule has 0 aliphatic rings. The van der Waals surface area contributed by atoms with Crippen LogP contribution in [0.2, 0.25) is 0 Å². The van der Waals surface area contributed by atoms with Crippen molar-refractivity contribution in [1.82, 2.24) is 29.1 Å². The van der Waals surface area contributed by atoms with E-state index in [1.54, 1.807) is 28.8 Å². The average Bonchev–Trinajstić information content (AvgIpc) is 3.36. The van der Waals surface area contributed by atoms with Crippen molar-refractivity contribution in [3.05, 3.63) is 95.3 Å². The lowest BCUT2D eigenvalue weighted by Crippen LogP contribution is -2.21. The standard InChI is InChI=1S/C22H18N6O/c1-26-21-19(12-24-26)22(29)27(15-23-21)13-17-14-28(18-10-6-3-7-11-18)25-20(17)16-8-4-2-5-9-16/h2-12,14-15H,13H2,1H3. The van der Waals surface area contributed by atoms with Crippen molar-refractivity contribution in [2.75, 3.05) is 0 Å². The molecule has 7 nitrogen and oxygen atoms in total. The molecule has 0 saturated heterocycles. The van der Waals surface area contributed by atoms with Gasteiger partial charge in [0.15, 0.2) is 5.65 Å². The fraction of sp³-hybridized carbons (Fsp3) is 0.0909. The lowest BCUT2D eigenvalue weighted by molar-refractivity contribution is 0.738. The first-order chi connectivity index (χ1) is 14.2. The van der Waals surface area contributed by atoms with Gasteiger partial charge in [-0.25, -0.2) is 9.67 Å². The highest BCUT2D eigenvalue weighted by Crippen LogP contribution is 2.24. The number of hydrogen-bond acceptors (Lipinski definition) is 4. The molecule has 5 aromatic rings. The Hall–Kier alpha value is -4.00. The minimum absolute atomic E-state index is 0.116. The van der Waals surface area contributed by atoms with Crippen LogP contribution in [0.4, 0.5) is 0 Å². The number of hydrogen-bond donors (Lipinski definition) is 0. The molecule has 0 spiro atoms.